The van der Waals surface area contributed by atoms with Crippen LogP contribution in [0.15, 0.2) is 22.7 Å². The van der Waals surface area contributed by atoms with Gasteiger partial charge in [-0.2, -0.15) is 0 Å². The second-order valence-corrected chi connectivity index (χ2v) is 3.95. The third kappa shape index (κ3) is 2.32. The largest absolute Gasteiger partial charge is 0.324 e. The molecule has 0 amide bonds. The second-order valence-electron chi connectivity index (χ2n) is 3.04. The number of hydrogen-bond acceptors (Lipinski definition) is 1. The van der Waals surface area contributed by atoms with Crippen molar-refractivity contribution in [2.45, 2.75) is 26.3 Å². The van der Waals surface area contributed by atoms with E-state index in [0.29, 0.717) is 0 Å². The molecule has 1 aromatic rings. The predicted molar refractivity (Wildman–Crippen MR) is 56.1 cm³/mol. The number of aryl methyl sites for hydroxylation is 1. The lowest BCUT2D eigenvalue weighted by Crippen LogP contribution is -2.05. The summed E-state index contributed by atoms with van der Waals surface area (Å²) in [4.78, 5) is 0. The fourth-order valence-corrected chi connectivity index (χ4v) is 1.70. The summed E-state index contributed by atoms with van der Waals surface area (Å²) < 4.78 is 1.12. The van der Waals surface area contributed by atoms with E-state index in [9.17, 15) is 0 Å². The van der Waals surface area contributed by atoms with Gasteiger partial charge in [-0.3, -0.25) is 0 Å². The van der Waals surface area contributed by atoms with E-state index in [-0.39, 0.29) is 6.04 Å². The van der Waals surface area contributed by atoms with Crippen LogP contribution in [-0.4, -0.2) is 0 Å². The molecule has 1 atom stereocenters. The molecule has 0 aliphatic carbocycles. The van der Waals surface area contributed by atoms with Crippen LogP contribution in [-0.2, 0) is 6.42 Å². The van der Waals surface area contributed by atoms with Gasteiger partial charge in [-0.15, -0.1) is 0 Å². The lowest BCUT2D eigenvalue weighted by atomic mass is 10.0. The van der Waals surface area contributed by atoms with Gasteiger partial charge < -0.3 is 5.73 Å². The molecule has 0 saturated carbocycles. The topological polar surface area (TPSA) is 26.0 Å². The van der Waals surface area contributed by atoms with Gasteiger partial charge in [-0.1, -0.05) is 28.9 Å². The number of halogens is 1. The zero-order chi connectivity index (χ0) is 9.14. The maximum atomic E-state index is 5.79. The zero-order valence-electron chi connectivity index (χ0n) is 7.47. The van der Waals surface area contributed by atoms with Crippen LogP contribution in [0.25, 0.3) is 0 Å². The molecule has 2 N–H and O–H groups in total. The lowest BCUT2D eigenvalue weighted by Gasteiger charge is -2.08. The molecule has 66 valence electrons. The maximum absolute atomic E-state index is 5.79. The van der Waals surface area contributed by atoms with E-state index in [1.807, 2.05) is 6.92 Å². The van der Waals surface area contributed by atoms with Gasteiger partial charge in [0.25, 0.3) is 0 Å². The van der Waals surface area contributed by atoms with Crippen molar-refractivity contribution in [1.82, 2.24) is 0 Å². The molecule has 1 unspecified atom stereocenters. The number of nitrogens with two attached hydrogens (primary N) is 1. The molecule has 0 saturated heterocycles. The molecule has 0 heterocycles. The molecule has 0 radical (unpaired) electrons. The van der Waals surface area contributed by atoms with E-state index in [1.165, 1.54) is 11.1 Å². The van der Waals surface area contributed by atoms with Crippen molar-refractivity contribution in [2.24, 2.45) is 5.73 Å². The summed E-state index contributed by atoms with van der Waals surface area (Å²) >= 11 is 3.47. The first kappa shape index (κ1) is 9.75. The summed E-state index contributed by atoms with van der Waals surface area (Å²) in [6, 6.07) is 6.48. The van der Waals surface area contributed by atoms with E-state index in [1.54, 1.807) is 0 Å². The first-order valence-electron chi connectivity index (χ1n) is 4.18. The maximum Gasteiger partial charge on any atom is 0.0266 e. The fraction of sp³-hybridized carbons (Fsp3) is 0.400. The summed E-state index contributed by atoms with van der Waals surface area (Å²) in [5.41, 5.74) is 8.31. The Bertz CT molecular complexity index is 269. The minimum atomic E-state index is 0.118. The predicted octanol–water partition coefficient (Wildman–Crippen LogP) is 3.03. The highest BCUT2D eigenvalue weighted by Gasteiger charge is 2.01. The molecule has 0 bridgehead atoms. The molecule has 0 aromatic heterocycles. The highest BCUT2D eigenvalue weighted by atomic mass is 79.9. The molecule has 1 nitrogen and oxygen atoms in total. The lowest BCUT2D eigenvalue weighted by molar-refractivity contribution is 0.814. The van der Waals surface area contributed by atoms with Crippen molar-refractivity contribution in [2.75, 3.05) is 0 Å². The summed E-state index contributed by atoms with van der Waals surface area (Å²) in [5.74, 6) is 0. The summed E-state index contributed by atoms with van der Waals surface area (Å²) in [6.45, 7) is 4.15. The fourth-order valence-electron chi connectivity index (χ4n) is 1.14. The Balaban J connectivity index is 3.06. The summed E-state index contributed by atoms with van der Waals surface area (Å²) in [6.07, 6.45) is 1.05. The van der Waals surface area contributed by atoms with E-state index in [0.717, 1.165) is 10.9 Å². The molecule has 1 aromatic carbocycles. The highest BCUT2D eigenvalue weighted by Crippen LogP contribution is 2.19. The Kier molecular flexibility index (Phi) is 3.29. The Labute approximate surface area is 82.1 Å². The van der Waals surface area contributed by atoms with Gasteiger partial charge in [0, 0.05) is 10.5 Å². The van der Waals surface area contributed by atoms with Crippen LogP contribution in [0.4, 0.5) is 0 Å². The second kappa shape index (κ2) is 4.06. The van der Waals surface area contributed by atoms with Gasteiger partial charge in [0.05, 0.1) is 0 Å². The van der Waals surface area contributed by atoms with Crippen LogP contribution in [0.5, 0.6) is 0 Å². The van der Waals surface area contributed by atoms with Gasteiger partial charge in [0.2, 0.25) is 0 Å². The molecule has 0 aliphatic rings. The molecule has 12 heavy (non-hydrogen) atoms. The molecular weight excluding hydrogens is 214 g/mol. The van der Waals surface area contributed by atoms with Crippen LogP contribution in [0, 0.1) is 0 Å². The van der Waals surface area contributed by atoms with Crippen LogP contribution >= 0.6 is 15.9 Å². The van der Waals surface area contributed by atoms with E-state index in [4.69, 9.17) is 5.73 Å². The SMILES string of the molecule is CCc1cc(Br)cc(C(C)N)c1. The molecule has 0 spiro atoms. The van der Waals surface area contributed by atoms with Crippen molar-refractivity contribution in [3.8, 4) is 0 Å². The van der Waals surface area contributed by atoms with Gasteiger partial charge >= 0.3 is 0 Å². The molecule has 2 heteroatoms. The smallest absolute Gasteiger partial charge is 0.0266 e. The summed E-state index contributed by atoms with van der Waals surface area (Å²) in [5, 5.41) is 0. The van der Waals surface area contributed by atoms with Gasteiger partial charge in [-0.05, 0) is 36.6 Å². The Hall–Kier alpha value is -0.340. The Morgan fingerprint density at radius 2 is 2.08 bits per heavy atom. The normalized spacial score (nSPS) is 13.0. The van der Waals surface area contributed by atoms with Crippen molar-refractivity contribution in [1.29, 1.82) is 0 Å². The van der Waals surface area contributed by atoms with E-state index in [2.05, 4.69) is 41.1 Å². The van der Waals surface area contributed by atoms with Crippen LogP contribution < -0.4 is 5.73 Å². The third-order valence-electron chi connectivity index (χ3n) is 1.91. The molecule has 0 aliphatic heterocycles. The monoisotopic (exact) mass is 227 g/mol. The summed E-state index contributed by atoms with van der Waals surface area (Å²) in [7, 11) is 0. The van der Waals surface area contributed by atoms with Crippen molar-refractivity contribution in [3.05, 3.63) is 33.8 Å². The van der Waals surface area contributed by atoms with Gasteiger partial charge in [-0.25, -0.2) is 0 Å². The molecule has 1 rings (SSSR count). The van der Waals surface area contributed by atoms with Crippen molar-refractivity contribution < 1.29 is 0 Å². The average Bonchev–Trinajstić information content (AvgIpc) is 2.03. The minimum Gasteiger partial charge on any atom is -0.324 e. The number of hydrogen-bond donors (Lipinski definition) is 1. The van der Waals surface area contributed by atoms with E-state index < -0.39 is 0 Å². The first-order valence-corrected chi connectivity index (χ1v) is 4.97. The Morgan fingerprint density at radius 1 is 1.42 bits per heavy atom. The van der Waals surface area contributed by atoms with Crippen LogP contribution in [0.3, 0.4) is 0 Å². The highest BCUT2D eigenvalue weighted by molar-refractivity contribution is 9.10. The molecular formula is C10H14BrN. The minimum absolute atomic E-state index is 0.118. The van der Waals surface area contributed by atoms with Crippen LogP contribution in [0.2, 0.25) is 0 Å². The average molecular weight is 228 g/mol. The van der Waals surface area contributed by atoms with Gasteiger partial charge in [0.1, 0.15) is 0 Å². The van der Waals surface area contributed by atoms with Crippen molar-refractivity contribution in [3.63, 3.8) is 0 Å². The third-order valence-corrected chi connectivity index (χ3v) is 2.37. The van der Waals surface area contributed by atoms with E-state index >= 15 is 0 Å². The van der Waals surface area contributed by atoms with Crippen LogP contribution in [0.1, 0.15) is 31.0 Å². The molecule has 0 fully saturated rings. The standard InChI is InChI=1S/C10H14BrN/c1-3-8-4-9(7(2)12)6-10(11)5-8/h4-7H,3,12H2,1-2H3. The Morgan fingerprint density at radius 3 is 2.58 bits per heavy atom. The first-order chi connectivity index (χ1) is 5.63. The zero-order valence-corrected chi connectivity index (χ0v) is 9.06. The van der Waals surface area contributed by atoms with Crippen molar-refractivity contribution >= 4 is 15.9 Å². The number of rotatable bonds is 2. The number of benzene rings is 1. The van der Waals surface area contributed by atoms with Gasteiger partial charge in [0.15, 0.2) is 0 Å². The quantitative estimate of drug-likeness (QED) is 0.827.